The average Bonchev–Trinajstić information content (AvgIpc) is 2.58. The van der Waals surface area contributed by atoms with Gasteiger partial charge < -0.3 is 24.0 Å². The first-order chi connectivity index (χ1) is 5.86. The van der Waals surface area contributed by atoms with Crippen molar-refractivity contribution in [3.63, 3.8) is 0 Å². The number of aryl methyl sites for hydroxylation is 1. The molecule has 68 valence electrons. The van der Waals surface area contributed by atoms with Crippen molar-refractivity contribution < 1.29 is 28.5 Å². The van der Waals surface area contributed by atoms with Gasteiger partial charge in [-0.25, -0.2) is 4.57 Å². The van der Waals surface area contributed by atoms with Gasteiger partial charge in [0.1, 0.15) is 7.05 Å². The van der Waals surface area contributed by atoms with Gasteiger partial charge in [-0.05, 0) is 28.0 Å². The number of aromatic nitrogens is 1. The molecule has 2 heterocycles. The van der Waals surface area contributed by atoms with E-state index in [1.54, 1.807) is 11.3 Å². The molecule has 0 bridgehead atoms. The molecular weight excluding hydrogens is 293 g/mol. The Morgan fingerprint density at radius 3 is 2.31 bits per heavy atom. The lowest BCUT2D eigenvalue weighted by Crippen LogP contribution is -3.00. The van der Waals surface area contributed by atoms with Crippen molar-refractivity contribution in [1.29, 1.82) is 0 Å². The monoisotopic (exact) mass is 303 g/mol. The van der Waals surface area contributed by atoms with Crippen LogP contribution in [0.15, 0.2) is 41.4 Å². The van der Waals surface area contributed by atoms with Crippen LogP contribution < -0.4 is 28.5 Å². The molecule has 0 atom stereocenters. The van der Waals surface area contributed by atoms with E-state index in [-0.39, 0.29) is 24.0 Å². The third-order valence-corrected chi connectivity index (χ3v) is 2.52. The lowest BCUT2D eigenvalue weighted by Gasteiger charge is -1.93. The van der Waals surface area contributed by atoms with Crippen molar-refractivity contribution >= 4 is 11.3 Å². The molecular formula is C10H10INS. The molecule has 2 aromatic heterocycles. The molecule has 0 saturated heterocycles. The number of hydrogen-bond acceptors (Lipinski definition) is 1. The van der Waals surface area contributed by atoms with Gasteiger partial charge in [-0.3, -0.25) is 0 Å². The average molecular weight is 303 g/mol. The van der Waals surface area contributed by atoms with E-state index >= 15 is 0 Å². The summed E-state index contributed by atoms with van der Waals surface area (Å²) in [7, 11) is 2.03. The van der Waals surface area contributed by atoms with E-state index in [2.05, 4.69) is 41.4 Å². The predicted molar refractivity (Wildman–Crippen MR) is 50.9 cm³/mol. The highest BCUT2D eigenvalue weighted by molar-refractivity contribution is 7.08. The Morgan fingerprint density at radius 1 is 1.08 bits per heavy atom. The van der Waals surface area contributed by atoms with Gasteiger partial charge in [0.15, 0.2) is 12.4 Å². The summed E-state index contributed by atoms with van der Waals surface area (Å²) in [6, 6.07) is 6.39. The summed E-state index contributed by atoms with van der Waals surface area (Å²) >= 11 is 1.73. The van der Waals surface area contributed by atoms with Crippen LogP contribution in [0.3, 0.4) is 0 Å². The summed E-state index contributed by atoms with van der Waals surface area (Å²) in [6.07, 6.45) is 4.12. The van der Waals surface area contributed by atoms with Crippen molar-refractivity contribution in [2.75, 3.05) is 0 Å². The molecule has 0 aliphatic heterocycles. The van der Waals surface area contributed by atoms with E-state index in [0.29, 0.717) is 0 Å². The first-order valence-corrected chi connectivity index (χ1v) is 4.78. The summed E-state index contributed by atoms with van der Waals surface area (Å²) in [4.78, 5) is 0. The Morgan fingerprint density at radius 2 is 1.77 bits per heavy atom. The lowest BCUT2D eigenvalue weighted by atomic mass is 10.1. The molecule has 2 aromatic rings. The Bertz CT molecular complexity index is 353. The van der Waals surface area contributed by atoms with Gasteiger partial charge in [-0.1, -0.05) is 0 Å². The smallest absolute Gasteiger partial charge is 0.169 e. The Labute approximate surface area is 99.1 Å². The van der Waals surface area contributed by atoms with Crippen LogP contribution >= 0.6 is 11.3 Å². The van der Waals surface area contributed by atoms with Crippen LogP contribution in [0.25, 0.3) is 11.1 Å². The maximum Gasteiger partial charge on any atom is 0.169 e. The predicted octanol–water partition coefficient (Wildman–Crippen LogP) is -0.756. The van der Waals surface area contributed by atoms with Crippen LogP contribution in [0.5, 0.6) is 0 Å². The van der Waals surface area contributed by atoms with Crippen LogP contribution in [0, 0.1) is 0 Å². The van der Waals surface area contributed by atoms with Crippen molar-refractivity contribution in [1.82, 2.24) is 0 Å². The van der Waals surface area contributed by atoms with Crippen LogP contribution in [-0.4, -0.2) is 0 Å². The molecule has 13 heavy (non-hydrogen) atoms. The normalized spacial score (nSPS) is 9.31. The number of rotatable bonds is 1. The number of nitrogens with zero attached hydrogens (tertiary/aromatic N) is 1. The van der Waals surface area contributed by atoms with Crippen molar-refractivity contribution in [2.24, 2.45) is 7.05 Å². The van der Waals surface area contributed by atoms with Crippen molar-refractivity contribution in [2.45, 2.75) is 0 Å². The van der Waals surface area contributed by atoms with E-state index in [4.69, 9.17) is 0 Å². The zero-order valence-electron chi connectivity index (χ0n) is 7.27. The van der Waals surface area contributed by atoms with Gasteiger partial charge in [0.2, 0.25) is 0 Å². The number of halogens is 1. The highest BCUT2D eigenvalue weighted by atomic mass is 127. The summed E-state index contributed by atoms with van der Waals surface area (Å²) < 4.78 is 2.04. The first-order valence-electron chi connectivity index (χ1n) is 3.84. The zero-order chi connectivity index (χ0) is 8.39. The van der Waals surface area contributed by atoms with Crippen LogP contribution in [0.4, 0.5) is 0 Å². The lowest BCUT2D eigenvalue weighted by molar-refractivity contribution is -0.671. The third-order valence-electron chi connectivity index (χ3n) is 1.83. The van der Waals surface area contributed by atoms with Gasteiger partial charge in [0, 0.05) is 12.1 Å². The minimum atomic E-state index is 0. The molecule has 0 fully saturated rings. The molecule has 0 aliphatic carbocycles. The molecule has 0 saturated carbocycles. The highest BCUT2D eigenvalue weighted by Crippen LogP contribution is 2.20. The molecule has 3 heteroatoms. The SMILES string of the molecule is C[n+]1ccc(-c2ccsc2)cc1.[I-]. The maximum atomic E-state index is 2.16. The number of pyridine rings is 1. The Kier molecular flexibility index (Phi) is 3.87. The van der Waals surface area contributed by atoms with E-state index in [9.17, 15) is 0 Å². The summed E-state index contributed by atoms with van der Waals surface area (Å²) in [5.41, 5.74) is 2.59. The second-order valence-electron chi connectivity index (χ2n) is 2.76. The summed E-state index contributed by atoms with van der Waals surface area (Å²) in [5, 5.41) is 4.26. The fraction of sp³-hybridized carbons (Fsp3) is 0.100. The zero-order valence-corrected chi connectivity index (χ0v) is 10.2. The van der Waals surface area contributed by atoms with Crippen molar-refractivity contribution in [3.8, 4) is 11.1 Å². The molecule has 0 spiro atoms. The first kappa shape index (κ1) is 10.7. The van der Waals surface area contributed by atoms with Crippen LogP contribution in [-0.2, 0) is 7.05 Å². The maximum absolute atomic E-state index is 2.16. The number of hydrogen-bond donors (Lipinski definition) is 0. The molecule has 0 aromatic carbocycles. The summed E-state index contributed by atoms with van der Waals surface area (Å²) in [5.74, 6) is 0. The fourth-order valence-electron chi connectivity index (χ4n) is 1.12. The molecule has 0 unspecified atom stereocenters. The van der Waals surface area contributed by atoms with Gasteiger partial charge in [0.25, 0.3) is 0 Å². The molecule has 0 N–H and O–H groups in total. The number of thiophene rings is 1. The Balaban J connectivity index is 0.000000845. The second kappa shape index (κ2) is 4.72. The standard InChI is InChI=1S/C10H10NS.HI/c1-11-5-2-9(3-6-11)10-4-7-12-8-10;/h2-8H,1H3;1H/q+1;/p-1. The molecule has 2 rings (SSSR count). The highest BCUT2D eigenvalue weighted by Gasteiger charge is 1.98. The third kappa shape index (κ3) is 2.51. The summed E-state index contributed by atoms with van der Waals surface area (Å²) in [6.45, 7) is 0. The second-order valence-corrected chi connectivity index (χ2v) is 3.54. The minimum Gasteiger partial charge on any atom is -1.00 e. The molecule has 1 nitrogen and oxygen atoms in total. The molecule has 0 radical (unpaired) electrons. The van der Waals surface area contributed by atoms with E-state index in [1.165, 1.54) is 11.1 Å². The van der Waals surface area contributed by atoms with E-state index in [0.717, 1.165) is 0 Å². The van der Waals surface area contributed by atoms with Gasteiger partial charge in [-0.15, -0.1) is 0 Å². The van der Waals surface area contributed by atoms with E-state index in [1.807, 2.05) is 11.6 Å². The fourth-order valence-corrected chi connectivity index (χ4v) is 1.79. The van der Waals surface area contributed by atoms with Crippen LogP contribution in [0.2, 0.25) is 0 Å². The molecule has 0 aliphatic rings. The van der Waals surface area contributed by atoms with E-state index < -0.39 is 0 Å². The van der Waals surface area contributed by atoms with Gasteiger partial charge in [0.05, 0.1) is 0 Å². The quantitative estimate of drug-likeness (QED) is 0.482. The van der Waals surface area contributed by atoms with Gasteiger partial charge >= 0.3 is 0 Å². The van der Waals surface area contributed by atoms with Crippen LogP contribution in [0.1, 0.15) is 0 Å². The largest absolute Gasteiger partial charge is 1.00 e. The van der Waals surface area contributed by atoms with Gasteiger partial charge in [-0.2, -0.15) is 11.3 Å². The Hall–Kier alpha value is -0.420. The van der Waals surface area contributed by atoms with Crippen molar-refractivity contribution in [3.05, 3.63) is 41.4 Å². The topological polar surface area (TPSA) is 3.88 Å². The molecule has 0 amide bonds. The minimum absolute atomic E-state index is 0.